The minimum absolute atomic E-state index is 0.539. The fourth-order valence-electron chi connectivity index (χ4n) is 3.57. The number of nitrogens with zero attached hydrogens (tertiary/aromatic N) is 1. The van der Waals surface area contributed by atoms with E-state index in [4.69, 9.17) is 21.2 Å². The second kappa shape index (κ2) is 15.3. The first-order valence-electron chi connectivity index (χ1n) is 11.6. The Balaban J connectivity index is 0.000000500. The quantitative estimate of drug-likeness (QED) is 0.146. The van der Waals surface area contributed by atoms with Crippen LogP contribution in [0.25, 0.3) is 0 Å². The third kappa shape index (κ3) is 11.6. The molecule has 0 heterocycles. The summed E-state index contributed by atoms with van der Waals surface area (Å²) in [6.07, 6.45) is 2.39. The second-order valence-corrected chi connectivity index (χ2v) is 9.28. The van der Waals surface area contributed by atoms with Crippen LogP contribution < -0.4 is 4.74 Å². The molecule has 0 saturated heterocycles. The first-order chi connectivity index (χ1) is 14.8. The SMILES string of the molecule is CC[N+](C)(OCCOc1ccccc1)C(CC(C)C)CC(C)C.ClCc1ccccc1. The van der Waals surface area contributed by atoms with Crippen LogP contribution in [0, 0.1) is 11.8 Å². The van der Waals surface area contributed by atoms with Crippen molar-refractivity contribution in [1.82, 2.24) is 0 Å². The largest absolute Gasteiger partial charge is 0.491 e. The van der Waals surface area contributed by atoms with Gasteiger partial charge in [0.05, 0.1) is 7.05 Å². The Kier molecular flexibility index (Phi) is 13.6. The van der Waals surface area contributed by atoms with E-state index in [-0.39, 0.29) is 0 Å². The van der Waals surface area contributed by atoms with Gasteiger partial charge < -0.3 is 4.74 Å². The van der Waals surface area contributed by atoms with Crippen LogP contribution in [-0.2, 0) is 10.7 Å². The maximum absolute atomic E-state index is 6.28. The second-order valence-electron chi connectivity index (χ2n) is 9.02. The van der Waals surface area contributed by atoms with Crippen molar-refractivity contribution in [1.29, 1.82) is 0 Å². The summed E-state index contributed by atoms with van der Waals surface area (Å²) in [5, 5.41) is 0. The number of para-hydroxylation sites is 1. The molecule has 0 bridgehead atoms. The molecule has 0 saturated carbocycles. The molecule has 2 rings (SSSR count). The Labute approximate surface area is 195 Å². The maximum atomic E-state index is 6.28. The van der Waals surface area contributed by atoms with Crippen LogP contribution in [0.3, 0.4) is 0 Å². The van der Waals surface area contributed by atoms with Gasteiger partial charge in [0.25, 0.3) is 0 Å². The highest BCUT2D eigenvalue weighted by molar-refractivity contribution is 6.17. The van der Waals surface area contributed by atoms with Gasteiger partial charge in [-0.2, -0.15) is 9.48 Å². The molecule has 0 spiro atoms. The van der Waals surface area contributed by atoms with Crippen molar-refractivity contribution in [3.05, 3.63) is 66.2 Å². The monoisotopic (exact) mass is 448 g/mol. The van der Waals surface area contributed by atoms with E-state index < -0.39 is 0 Å². The zero-order valence-corrected chi connectivity index (χ0v) is 21.1. The number of hydroxylamine groups is 3. The lowest BCUT2D eigenvalue weighted by atomic mass is 9.94. The van der Waals surface area contributed by atoms with Gasteiger partial charge in [-0.15, -0.1) is 11.6 Å². The molecular weight excluding hydrogens is 406 g/mol. The fraction of sp³-hybridized carbons (Fsp3) is 0.556. The molecule has 1 atom stereocenters. The normalized spacial score (nSPS) is 13.1. The van der Waals surface area contributed by atoms with Gasteiger partial charge in [0, 0.05) is 18.7 Å². The average molecular weight is 449 g/mol. The van der Waals surface area contributed by atoms with E-state index in [0.717, 1.165) is 12.3 Å². The number of alkyl halides is 1. The van der Waals surface area contributed by atoms with Gasteiger partial charge in [0.15, 0.2) is 0 Å². The van der Waals surface area contributed by atoms with Crippen LogP contribution in [0.1, 0.15) is 53.0 Å². The van der Waals surface area contributed by atoms with Gasteiger partial charge in [-0.3, -0.25) is 0 Å². The van der Waals surface area contributed by atoms with Crippen molar-refractivity contribution in [3.63, 3.8) is 0 Å². The van der Waals surface area contributed by atoms with Crippen LogP contribution in [-0.4, -0.2) is 37.5 Å². The van der Waals surface area contributed by atoms with Crippen LogP contribution in [0.4, 0.5) is 0 Å². The van der Waals surface area contributed by atoms with Crippen molar-refractivity contribution in [3.8, 4) is 5.75 Å². The minimum Gasteiger partial charge on any atom is -0.491 e. The van der Waals surface area contributed by atoms with Gasteiger partial charge in [-0.05, 0) is 36.5 Å². The number of halogens is 1. The van der Waals surface area contributed by atoms with Gasteiger partial charge in [-0.25, -0.2) is 0 Å². The predicted octanol–water partition coefficient (Wildman–Crippen LogP) is 7.35. The van der Waals surface area contributed by atoms with E-state index in [9.17, 15) is 0 Å². The molecule has 0 radical (unpaired) electrons. The van der Waals surface area contributed by atoms with Gasteiger partial charge in [0.2, 0.25) is 0 Å². The van der Waals surface area contributed by atoms with Crippen LogP contribution in [0.2, 0.25) is 0 Å². The van der Waals surface area contributed by atoms with Crippen molar-refractivity contribution < 1.29 is 14.2 Å². The number of quaternary nitrogens is 1. The molecule has 0 amide bonds. The molecule has 174 valence electrons. The highest BCUT2D eigenvalue weighted by Gasteiger charge is 2.34. The lowest BCUT2D eigenvalue weighted by Crippen LogP contribution is -2.53. The molecule has 0 N–H and O–H groups in total. The summed E-state index contributed by atoms with van der Waals surface area (Å²) in [7, 11) is 2.22. The number of hydrogen-bond acceptors (Lipinski definition) is 2. The topological polar surface area (TPSA) is 18.5 Å². The average Bonchev–Trinajstić information content (AvgIpc) is 2.77. The lowest BCUT2D eigenvalue weighted by molar-refractivity contribution is -1.11. The van der Waals surface area contributed by atoms with E-state index in [2.05, 4.69) is 41.7 Å². The molecule has 0 fully saturated rings. The molecule has 4 heteroatoms. The Morgan fingerprint density at radius 2 is 1.32 bits per heavy atom. The van der Waals surface area contributed by atoms with Crippen molar-refractivity contribution in [2.75, 3.05) is 26.8 Å². The van der Waals surface area contributed by atoms with E-state index in [0.29, 0.717) is 41.6 Å². The number of ether oxygens (including phenoxy) is 1. The number of hydrogen-bond donors (Lipinski definition) is 0. The summed E-state index contributed by atoms with van der Waals surface area (Å²) in [6, 6.07) is 20.4. The molecule has 0 aliphatic rings. The van der Waals surface area contributed by atoms with Crippen molar-refractivity contribution >= 4 is 11.6 Å². The Bertz CT molecular complexity index is 668. The van der Waals surface area contributed by atoms with Crippen molar-refractivity contribution in [2.24, 2.45) is 11.8 Å². The summed E-state index contributed by atoms with van der Waals surface area (Å²) < 4.78 is 6.43. The minimum atomic E-state index is 0.539. The zero-order chi connectivity index (χ0) is 23.1. The standard InChI is InChI=1S/C20H36NO2.C7H7Cl/c1-7-21(6,19(15-17(2)3)16-18(4)5)23-14-13-22-20-11-9-8-10-12-20;8-6-7-4-2-1-3-5-7/h8-12,17-19H,7,13-16H2,1-6H3;1-5H,6H2/q+1;. The molecule has 1 unspecified atom stereocenters. The maximum Gasteiger partial charge on any atom is 0.140 e. The van der Waals surface area contributed by atoms with E-state index >= 15 is 0 Å². The predicted molar refractivity (Wildman–Crippen MR) is 133 cm³/mol. The Morgan fingerprint density at radius 1 is 0.806 bits per heavy atom. The summed E-state index contributed by atoms with van der Waals surface area (Å²) in [5.74, 6) is 2.89. The number of rotatable bonds is 12. The van der Waals surface area contributed by atoms with Crippen LogP contribution in [0.15, 0.2) is 60.7 Å². The molecular formula is C27H43ClNO2+. The molecule has 2 aromatic carbocycles. The van der Waals surface area contributed by atoms with E-state index in [1.165, 1.54) is 18.4 Å². The van der Waals surface area contributed by atoms with Gasteiger partial charge in [0.1, 0.15) is 31.5 Å². The lowest BCUT2D eigenvalue weighted by Gasteiger charge is -2.39. The molecule has 0 aromatic heterocycles. The first kappa shape index (κ1) is 27.5. The summed E-state index contributed by atoms with van der Waals surface area (Å²) in [4.78, 5) is 6.28. The molecule has 2 aromatic rings. The molecule has 3 nitrogen and oxygen atoms in total. The van der Waals surface area contributed by atoms with Crippen LogP contribution >= 0.6 is 11.6 Å². The van der Waals surface area contributed by atoms with Gasteiger partial charge >= 0.3 is 0 Å². The zero-order valence-electron chi connectivity index (χ0n) is 20.4. The highest BCUT2D eigenvalue weighted by Crippen LogP contribution is 2.25. The Morgan fingerprint density at radius 3 is 1.74 bits per heavy atom. The summed E-state index contributed by atoms with van der Waals surface area (Å²) >= 11 is 5.53. The molecule has 0 aliphatic carbocycles. The van der Waals surface area contributed by atoms with E-state index in [1.54, 1.807) is 0 Å². The Hall–Kier alpha value is -1.55. The van der Waals surface area contributed by atoms with Gasteiger partial charge in [-0.1, -0.05) is 76.2 Å². The summed E-state index contributed by atoms with van der Waals surface area (Å²) in [5.41, 5.74) is 1.18. The molecule has 31 heavy (non-hydrogen) atoms. The van der Waals surface area contributed by atoms with Crippen LogP contribution in [0.5, 0.6) is 5.75 Å². The third-order valence-electron chi connectivity index (χ3n) is 5.37. The summed E-state index contributed by atoms with van der Waals surface area (Å²) in [6.45, 7) is 13.6. The number of benzene rings is 2. The third-order valence-corrected chi connectivity index (χ3v) is 5.67. The van der Waals surface area contributed by atoms with Crippen molar-refractivity contribution in [2.45, 2.75) is 59.4 Å². The fourth-order valence-corrected chi connectivity index (χ4v) is 3.75. The van der Waals surface area contributed by atoms with E-state index in [1.807, 2.05) is 60.7 Å². The first-order valence-corrected chi connectivity index (χ1v) is 12.1. The molecule has 0 aliphatic heterocycles. The highest BCUT2D eigenvalue weighted by atomic mass is 35.5. The smallest absolute Gasteiger partial charge is 0.140 e.